The van der Waals surface area contributed by atoms with Gasteiger partial charge >= 0.3 is 4.87 Å². The van der Waals surface area contributed by atoms with Crippen molar-refractivity contribution in [1.29, 1.82) is 0 Å². The predicted molar refractivity (Wildman–Crippen MR) is 128 cm³/mol. The Morgan fingerprint density at radius 2 is 1.78 bits per heavy atom. The Morgan fingerprint density at radius 1 is 1.03 bits per heavy atom. The maximum atomic E-state index is 13.4. The highest BCUT2D eigenvalue weighted by atomic mass is 32.2. The number of nitrogens with one attached hydrogen (secondary N) is 1. The van der Waals surface area contributed by atoms with E-state index in [2.05, 4.69) is 5.32 Å². The third-order valence-corrected chi connectivity index (χ3v) is 7.77. The molecule has 0 fully saturated rings. The molecule has 32 heavy (non-hydrogen) atoms. The summed E-state index contributed by atoms with van der Waals surface area (Å²) in [6, 6.07) is 20.2. The fourth-order valence-corrected chi connectivity index (χ4v) is 5.71. The van der Waals surface area contributed by atoms with Crippen LogP contribution in [0, 0.1) is 6.92 Å². The van der Waals surface area contributed by atoms with Gasteiger partial charge < -0.3 is 9.88 Å². The Kier molecular flexibility index (Phi) is 5.86. The predicted octanol–water partition coefficient (Wildman–Crippen LogP) is 3.74. The number of hydrogen-bond acceptors (Lipinski definition) is 5. The number of rotatable bonds is 6. The van der Waals surface area contributed by atoms with Crippen molar-refractivity contribution in [3.63, 3.8) is 0 Å². The van der Waals surface area contributed by atoms with Gasteiger partial charge in [0.25, 0.3) is 10.0 Å². The number of nitrogens with zero attached hydrogens (tertiary/aromatic N) is 2. The van der Waals surface area contributed by atoms with Crippen molar-refractivity contribution in [3.8, 4) is 0 Å². The fourth-order valence-electron chi connectivity index (χ4n) is 3.36. The molecule has 164 valence electrons. The molecule has 9 heteroatoms. The third-order valence-electron chi connectivity index (χ3n) is 4.98. The summed E-state index contributed by atoms with van der Waals surface area (Å²) in [5.74, 6) is -0.492. The average Bonchev–Trinajstić information content (AvgIpc) is 3.05. The number of aromatic nitrogens is 1. The van der Waals surface area contributed by atoms with Crippen LogP contribution in [0.4, 0.5) is 11.4 Å². The zero-order valence-electron chi connectivity index (χ0n) is 17.5. The molecule has 7 nitrogen and oxygen atoms in total. The van der Waals surface area contributed by atoms with Crippen LogP contribution in [-0.2, 0) is 21.9 Å². The maximum absolute atomic E-state index is 13.4. The molecule has 4 aromatic rings. The molecule has 0 aliphatic rings. The topological polar surface area (TPSA) is 88.5 Å². The van der Waals surface area contributed by atoms with Gasteiger partial charge in [0.2, 0.25) is 5.91 Å². The number of aryl methyl sites for hydroxylation is 2. The van der Waals surface area contributed by atoms with E-state index in [-0.39, 0.29) is 9.77 Å². The standard InChI is InChI=1S/C23H21N3O4S2/c1-16-7-6-8-18(13-16)26(32(29,30)19-9-4-3-5-10-19)15-22(27)24-17-11-12-20-21(14-17)31-23(28)25(20)2/h3-14H,15H2,1-2H3,(H,24,27). The Hall–Kier alpha value is -3.43. The molecule has 1 amide bonds. The van der Waals surface area contributed by atoms with Gasteiger partial charge in [0, 0.05) is 12.7 Å². The molecule has 3 aromatic carbocycles. The Morgan fingerprint density at radius 3 is 2.50 bits per heavy atom. The van der Waals surface area contributed by atoms with E-state index in [1.54, 1.807) is 61.6 Å². The molecule has 1 aromatic heterocycles. The minimum Gasteiger partial charge on any atom is -0.324 e. The van der Waals surface area contributed by atoms with E-state index in [1.165, 1.54) is 16.7 Å². The molecule has 1 N–H and O–H groups in total. The van der Waals surface area contributed by atoms with Crippen LogP contribution in [0.15, 0.2) is 82.5 Å². The van der Waals surface area contributed by atoms with E-state index < -0.39 is 22.5 Å². The van der Waals surface area contributed by atoms with E-state index in [1.807, 2.05) is 13.0 Å². The van der Waals surface area contributed by atoms with Crippen molar-refractivity contribution >= 4 is 48.9 Å². The first kappa shape index (κ1) is 21.8. The minimum absolute atomic E-state index is 0.0944. The summed E-state index contributed by atoms with van der Waals surface area (Å²) in [6.07, 6.45) is 0. The Labute approximate surface area is 189 Å². The molecule has 0 aliphatic carbocycles. The lowest BCUT2D eigenvalue weighted by Gasteiger charge is -2.24. The molecule has 0 saturated carbocycles. The number of anilines is 2. The molecule has 0 saturated heterocycles. The minimum atomic E-state index is -3.97. The monoisotopic (exact) mass is 467 g/mol. The van der Waals surface area contributed by atoms with Gasteiger partial charge in [0.1, 0.15) is 6.54 Å². The van der Waals surface area contributed by atoms with E-state index >= 15 is 0 Å². The van der Waals surface area contributed by atoms with Crippen LogP contribution in [-0.4, -0.2) is 25.4 Å². The number of thiazole rings is 1. The average molecular weight is 468 g/mol. The lowest BCUT2D eigenvalue weighted by atomic mass is 10.2. The van der Waals surface area contributed by atoms with Gasteiger partial charge in [-0.3, -0.25) is 13.9 Å². The molecule has 0 unspecified atom stereocenters. The number of carbonyl (C=O) groups excluding carboxylic acids is 1. The number of hydrogen-bond donors (Lipinski definition) is 1. The highest BCUT2D eigenvalue weighted by Gasteiger charge is 2.27. The third kappa shape index (κ3) is 4.30. The van der Waals surface area contributed by atoms with Gasteiger partial charge in [0.05, 0.1) is 20.8 Å². The molecule has 0 atom stereocenters. The Bertz CT molecular complexity index is 1460. The zero-order valence-corrected chi connectivity index (χ0v) is 19.1. The van der Waals surface area contributed by atoms with Gasteiger partial charge in [-0.15, -0.1) is 0 Å². The van der Waals surface area contributed by atoms with Crippen LogP contribution >= 0.6 is 11.3 Å². The second-order valence-corrected chi connectivity index (χ2v) is 10.2. The fraction of sp³-hybridized carbons (Fsp3) is 0.130. The molecule has 0 bridgehead atoms. The van der Waals surface area contributed by atoms with E-state index in [0.29, 0.717) is 11.4 Å². The van der Waals surface area contributed by atoms with Crippen molar-refractivity contribution < 1.29 is 13.2 Å². The number of sulfonamides is 1. The molecular formula is C23H21N3O4S2. The van der Waals surface area contributed by atoms with E-state index in [9.17, 15) is 18.0 Å². The lowest BCUT2D eigenvalue weighted by molar-refractivity contribution is -0.114. The second kappa shape index (κ2) is 8.60. The van der Waals surface area contributed by atoms with Crippen LogP contribution < -0.4 is 14.5 Å². The number of carbonyl (C=O) groups is 1. The van der Waals surface area contributed by atoms with Crippen molar-refractivity contribution in [2.75, 3.05) is 16.2 Å². The highest BCUT2D eigenvalue weighted by Crippen LogP contribution is 2.25. The number of amides is 1. The van der Waals surface area contributed by atoms with Crippen LogP contribution in [0.25, 0.3) is 10.2 Å². The SMILES string of the molecule is Cc1cccc(N(CC(=O)Nc2ccc3c(c2)sc(=O)n3C)S(=O)(=O)c2ccccc2)c1. The number of fused-ring (bicyclic) bond motifs is 1. The summed E-state index contributed by atoms with van der Waals surface area (Å²) in [4.78, 5) is 24.8. The summed E-state index contributed by atoms with van der Waals surface area (Å²) in [5.41, 5.74) is 2.54. The van der Waals surface area contributed by atoms with Crippen LogP contribution in [0.5, 0.6) is 0 Å². The summed E-state index contributed by atoms with van der Waals surface area (Å²) < 4.78 is 30.1. The molecular weight excluding hydrogens is 446 g/mol. The first-order valence-electron chi connectivity index (χ1n) is 9.79. The lowest BCUT2D eigenvalue weighted by Crippen LogP contribution is -2.38. The van der Waals surface area contributed by atoms with Crippen molar-refractivity contribution in [1.82, 2.24) is 4.57 Å². The van der Waals surface area contributed by atoms with Gasteiger partial charge in [-0.2, -0.15) is 0 Å². The summed E-state index contributed by atoms with van der Waals surface area (Å²) >= 11 is 1.08. The molecule has 0 radical (unpaired) electrons. The zero-order chi connectivity index (χ0) is 22.9. The van der Waals surface area contributed by atoms with E-state index in [0.717, 1.165) is 31.4 Å². The quantitative estimate of drug-likeness (QED) is 0.468. The summed E-state index contributed by atoms with van der Waals surface area (Å²) in [7, 11) is -2.28. The second-order valence-electron chi connectivity index (χ2n) is 7.32. The maximum Gasteiger partial charge on any atom is 0.307 e. The summed E-state index contributed by atoms with van der Waals surface area (Å²) in [6.45, 7) is 1.46. The van der Waals surface area contributed by atoms with Gasteiger partial charge in [-0.25, -0.2) is 8.42 Å². The smallest absolute Gasteiger partial charge is 0.307 e. The van der Waals surface area contributed by atoms with Crippen molar-refractivity contribution in [3.05, 3.63) is 88.0 Å². The Balaban J connectivity index is 1.65. The van der Waals surface area contributed by atoms with Crippen LogP contribution in [0.2, 0.25) is 0 Å². The highest BCUT2D eigenvalue weighted by molar-refractivity contribution is 7.92. The summed E-state index contributed by atoms with van der Waals surface area (Å²) in [5, 5.41) is 2.75. The first-order chi connectivity index (χ1) is 15.3. The van der Waals surface area contributed by atoms with Crippen LogP contribution in [0.3, 0.4) is 0 Å². The van der Waals surface area contributed by atoms with Gasteiger partial charge in [-0.1, -0.05) is 41.7 Å². The normalized spacial score (nSPS) is 11.4. The molecule has 4 rings (SSSR count). The molecule has 1 heterocycles. The van der Waals surface area contributed by atoms with Crippen molar-refractivity contribution in [2.24, 2.45) is 7.05 Å². The van der Waals surface area contributed by atoms with E-state index in [4.69, 9.17) is 0 Å². The largest absolute Gasteiger partial charge is 0.324 e. The molecule has 0 aliphatic heterocycles. The van der Waals surface area contributed by atoms with Gasteiger partial charge in [0.15, 0.2) is 0 Å². The van der Waals surface area contributed by atoms with Gasteiger partial charge in [-0.05, 0) is 55.0 Å². The number of benzene rings is 3. The van der Waals surface area contributed by atoms with Crippen LogP contribution in [0.1, 0.15) is 5.56 Å². The first-order valence-corrected chi connectivity index (χ1v) is 12.1. The molecule has 0 spiro atoms. The van der Waals surface area contributed by atoms with Crippen molar-refractivity contribution in [2.45, 2.75) is 11.8 Å².